The van der Waals surface area contributed by atoms with Crippen LogP contribution in [0.1, 0.15) is 60.8 Å². The van der Waals surface area contributed by atoms with Crippen LogP contribution in [0.2, 0.25) is 0 Å². The lowest BCUT2D eigenvalue weighted by molar-refractivity contribution is -0.0691. The van der Waals surface area contributed by atoms with Crippen LogP contribution >= 0.6 is 0 Å². The number of hydrogen-bond acceptors (Lipinski definition) is 4. The Kier molecular flexibility index (Phi) is 6.72. The van der Waals surface area contributed by atoms with E-state index in [1.807, 2.05) is 74.9 Å². The highest BCUT2D eigenvalue weighted by Crippen LogP contribution is 2.74. The molecule has 4 bridgehead atoms. The van der Waals surface area contributed by atoms with Gasteiger partial charge in [0, 0.05) is 72.3 Å². The first-order valence-electron chi connectivity index (χ1n) is 18.9. The Hall–Kier alpha value is -6.28. The lowest BCUT2D eigenvalue weighted by Crippen LogP contribution is -2.67. The molecule has 8 aromatic rings. The van der Waals surface area contributed by atoms with Crippen molar-refractivity contribution < 1.29 is 0 Å². The van der Waals surface area contributed by atoms with Crippen LogP contribution in [0.5, 0.6) is 0 Å². The molecule has 0 radical (unpaired) electrons. The van der Waals surface area contributed by atoms with Crippen molar-refractivity contribution in [3.05, 3.63) is 194 Å². The second-order valence-corrected chi connectivity index (χ2v) is 16.2. The zero-order valence-electron chi connectivity index (χ0n) is 30.0. The van der Waals surface area contributed by atoms with Gasteiger partial charge < -0.3 is 18.3 Å². The van der Waals surface area contributed by atoms with Crippen molar-refractivity contribution in [2.24, 2.45) is 0 Å². The number of hydrogen-bond donors (Lipinski definition) is 0. The average Bonchev–Trinajstić information content (AvgIpc) is 4.07. The molecule has 12 rings (SSSR count). The van der Waals surface area contributed by atoms with E-state index in [1.165, 1.54) is 22.3 Å². The molecular formula is C46H40N8. The summed E-state index contributed by atoms with van der Waals surface area (Å²) in [6, 6.07) is 37.7. The molecule has 0 atom stereocenters. The summed E-state index contributed by atoms with van der Waals surface area (Å²) in [6.07, 6.45) is 29.7. The second-order valence-electron chi connectivity index (χ2n) is 16.2. The fraction of sp³-hybridized carbons (Fsp3) is 0.217. The molecule has 0 saturated heterocycles. The number of rotatable bonds is 8. The smallest absolute Gasteiger partial charge is 0.0991 e. The highest BCUT2D eigenvalue weighted by Gasteiger charge is 2.69. The van der Waals surface area contributed by atoms with E-state index in [2.05, 4.69) is 135 Å². The van der Waals surface area contributed by atoms with Gasteiger partial charge in [0.05, 0.1) is 25.3 Å². The topological polar surface area (TPSA) is 71.3 Å². The van der Waals surface area contributed by atoms with Gasteiger partial charge in [-0.15, -0.1) is 0 Å². The summed E-state index contributed by atoms with van der Waals surface area (Å²) < 4.78 is 8.39. The molecule has 0 unspecified atom stereocenters. The van der Waals surface area contributed by atoms with E-state index in [1.54, 1.807) is 0 Å². The number of aromatic nitrogens is 8. The van der Waals surface area contributed by atoms with Gasteiger partial charge in [-0.1, -0.05) is 48.5 Å². The monoisotopic (exact) mass is 704 g/mol. The van der Waals surface area contributed by atoms with Gasteiger partial charge in [-0.2, -0.15) is 0 Å². The van der Waals surface area contributed by atoms with Gasteiger partial charge in [0.2, 0.25) is 0 Å². The first-order chi connectivity index (χ1) is 26.5. The summed E-state index contributed by atoms with van der Waals surface area (Å²) in [5, 5.41) is 0. The van der Waals surface area contributed by atoms with Crippen molar-refractivity contribution in [3.8, 4) is 22.7 Å². The van der Waals surface area contributed by atoms with Crippen molar-refractivity contribution in [3.63, 3.8) is 0 Å². The molecule has 0 spiro atoms. The van der Waals surface area contributed by atoms with Crippen LogP contribution in [0.3, 0.4) is 0 Å². The Morgan fingerprint density at radius 1 is 0.296 bits per heavy atom. The molecule has 0 aliphatic heterocycles. The van der Waals surface area contributed by atoms with Crippen LogP contribution in [0.15, 0.2) is 172 Å². The summed E-state index contributed by atoms with van der Waals surface area (Å²) in [7, 11) is 0. The van der Waals surface area contributed by atoms with Gasteiger partial charge in [-0.05, 0) is 131 Å². The van der Waals surface area contributed by atoms with E-state index in [0.29, 0.717) is 0 Å². The molecular weight excluding hydrogens is 665 g/mol. The molecule has 8 heteroatoms. The summed E-state index contributed by atoms with van der Waals surface area (Å²) in [6.45, 7) is 0. The molecule has 4 aromatic heterocycles. The first-order valence-corrected chi connectivity index (χ1v) is 18.9. The van der Waals surface area contributed by atoms with Gasteiger partial charge in [-0.25, -0.2) is 19.9 Å². The molecule has 4 heterocycles. The Morgan fingerprint density at radius 3 is 0.667 bits per heavy atom. The van der Waals surface area contributed by atoms with Gasteiger partial charge in [0.25, 0.3) is 0 Å². The van der Waals surface area contributed by atoms with Gasteiger partial charge in [0.15, 0.2) is 0 Å². The van der Waals surface area contributed by atoms with Crippen LogP contribution in [0.4, 0.5) is 0 Å². The zero-order valence-corrected chi connectivity index (χ0v) is 30.0. The largest absolute Gasteiger partial charge is 0.306 e. The third-order valence-electron chi connectivity index (χ3n) is 13.2. The molecule has 4 aliphatic rings. The quantitative estimate of drug-likeness (QED) is 0.159. The predicted octanol–water partition coefficient (Wildman–Crippen LogP) is 8.86. The van der Waals surface area contributed by atoms with Crippen LogP contribution in [-0.2, 0) is 21.7 Å². The summed E-state index contributed by atoms with van der Waals surface area (Å²) in [5.74, 6) is 0. The van der Waals surface area contributed by atoms with E-state index in [0.717, 1.165) is 61.3 Å². The fourth-order valence-corrected chi connectivity index (χ4v) is 11.5. The minimum atomic E-state index is -0.0305. The first kappa shape index (κ1) is 31.3. The molecule has 8 nitrogen and oxygen atoms in total. The third-order valence-corrected chi connectivity index (χ3v) is 13.2. The normalized spacial score (nSPS) is 25.6. The van der Waals surface area contributed by atoms with Crippen LogP contribution in [0.25, 0.3) is 22.7 Å². The minimum Gasteiger partial charge on any atom is -0.306 e. The maximum atomic E-state index is 4.32. The number of imidazole rings is 4. The van der Waals surface area contributed by atoms with Crippen molar-refractivity contribution in [2.45, 2.75) is 60.2 Å². The van der Waals surface area contributed by atoms with Crippen molar-refractivity contribution in [2.75, 3.05) is 0 Å². The van der Waals surface area contributed by atoms with Crippen molar-refractivity contribution in [1.29, 1.82) is 0 Å². The highest BCUT2D eigenvalue weighted by atomic mass is 15.0. The van der Waals surface area contributed by atoms with Crippen molar-refractivity contribution in [1.82, 2.24) is 38.2 Å². The fourth-order valence-electron chi connectivity index (χ4n) is 11.5. The van der Waals surface area contributed by atoms with E-state index >= 15 is 0 Å². The molecule has 0 N–H and O–H groups in total. The Bertz CT molecular complexity index is 2120. The minimum absolute atomic E-state index is 0.0305. The maximum absolute atomic E-state index is 4.32. The average molecular weight is 705 g/mol. The standard InChI is InChI=1S/C46H40N8/c1-9-39(51-21-17-47-31-51)10-2-35(1)43-25-44(36-3-11-40(12-4-36)52-22-18-48-32-52)28-45(26-43,37-5-13-41(14-6-37)53-23-19-49-33-53)30-46(27-43,29-44)38-7-15-42(16-8-38)54-24-20-50-34-54/h1-24,31-34H,25-30H2. The predicted molar refractivity (Wildman–Crippen MR) is 209 cm³/mol. The SMILES string of the molecule is c1cn(-c2ccc(C34CC5(c6ccc(-n7ccnc7)cc6)CC(c6ccc(-n7ccnc7)cc6)(C3)CC(c3ccc(-n6ccnc6)cc3)(C4)C5)cc2)cn1. The molecule has 4 aliphatic carbocycles. The van der Waals surface area contributed by atoms with Crippen molar-refractivity contribution >= 4 is 0 Å². The van der Waals surface area contributed by atoms with Gasteiger partial charge in [-0.3, -0.25) is 0 Å². The van der Waals surface area contributed by atoms with Crippen LogP contribution in [0, 0.1) is 0 Å². The van der Waals surface area contributed by atoms with Crippen LogP contribution < -0.4 is 0 Å². The summed E-state index contributed by atoms with van der Waals surface area (Å²) in [5.41, 5.74) is 10.2. The van der Waals surface area contributed by atoms with E-state index in [4.69, 9.17) is 0 Å². The zero-order chi connectivity index (χ0) is 35.8. The van der Waals surface area contributed by atoms with E-state index in [-0.39, 0.29) is 21.7 Å². The number of nitrogens with zero attached hydrogens (tertiary/aromatic N) is 8. The summed E-state index contributed by atoms with van der Waals surface area (Å²) >= 11 is 0. The molecule has 54 heavy (non-hydrogen) atoms. The summed E-state index contributed by atoms with van der Waals surface area (Å²) in [4.78, 5) is 17.3. The van der Waals surface area contributed by atoms with Crippen LogP contribution in [-0.4, -0.2) is 38.2 Å². The lowest BCUT2D eigenvalue weighted by atomic mass is 9.32. The molecule has 4 aromatic carbocycles. The number of benzene rings is 4. The van der Waals surface area contributed by atoms with Gasteiger partial charge in [0.1, 0.15) is 0 Å². The Balaban J connectivity index is 1.10. The Labute approximate surface area is 314 Å². The second kappa shape index (κ2) is 11.6. The molecule has 4 saturated carbocycles. The maximum Gasteiger partial charge on any atom is 0.0991 e. The third kappa shape index (κ3) is 4.82. The molecule has 264 valence electrons. The Morgan fingerprint density at radius 2 is 0.500 bits per heavy atom. The van der Waals surface area contributed by atoms with E-state index < -0.39 is 0 Å². The lowest BCUT2D eigenvalue weighted by Gasteiger charge is -2.71. The molecule has 0 amide bonds. The molecule has 4 fully saturated rings. The van der Waals surface area contributed by atoms with Gasteiger partial charge >= 0.3 is 0 Å². The highest BCUT2D eigenvalue weighted by molar-refractivity contribution is 5.53. The van der Waals surface area contributed by atoms with E-state index in [9.17, 15) is 0 Å².